The third kappa shape index (κ3) is 3.32. The Labute approximate surface area is 116 Å². The van der Waals surface area contributed by atoms with Crippen molar-refractivity contribution in [3.05, 3.63) is 53.6 Å². The Morgan fingerprint density at radius 3 is 2.70 bits per heavy atom. The van der Waals surface area contributed by atoms with Gasteiger partial charge in [-0.3, -0.25) is 9.78 Å². The Hall–Kier alpha value is -2.43. The number of nitrogens with zero attached hydrogens (tertiary/aromatic N) is 1. The third-order valence-electron chi connectivity index (χ3n) is 2.73. The maximum Gasteiger partial charge on any atom is 0.161 e. The van der Waals surface area contributed by atoms with E-state index in [1.165, 1.54) is 26.3 Å². The zero-order valence-electron chi connectivity index (χ0n) is 11.2. The number of carbonyl (C=O) groups excluding carboxylic acids is 1. The molecule has 0 fully saturated rings. The highest BCUT2D eigenvalue weighted by Gasteiger charge is 2.08. The normalized spacial score (nSPS) is 10.2. The van der Waals surface area contributed by atoms with E-state index in [4.69, 9.17) is 9.47 Å². The van der Waals surface area contributed by atoms with Crippen molar-refractivity contribution in [2.24, 2.45) is 0 Å². The van der Waals surface area contributed by atoms with Gasteiger partial charge in [-0.25, -0.2) is 4.39 Å². The van der Waals surface area contributed by atoms with Crippen molar-refractivity contribution in [2.45, 2.75) is 13.5 Å². The molecule has 0 atom stereocenters. The van der Waals surface area contributed by atoms with Gasteiger partial charge in [-0.1, -0.05) is 0 Å². The lowest BCUT2D eigenvalue weighted by molar-refractivity contribution is 0.101. The number of aromatic nitrogens is 1. The summed E-state index contributed by atoms with van der Waals surface area (Å²) in [5.74, 6) is 0.484. The van der Waals surface area contributed by atoms with Crippen LogP contribution in [-0.2, 0) is 6.61 Å². The molecule has 1 aromatic heterocycles. The third-order valence-corrected chi connectivity index (χ3v) is 2.73. The number of methoxy groups -OCH3 is 1. The molecule has 0 saturated carbocycles. The lowest BCUT2D eigenvalue weighted by Crippen LogP contribution is -2.00. The molecule has 0 aliphatic heterocycles. The summed E-state index contributed by atoms with van der Waals surface area (Å²) in [5, 5.41) is 0. The predicted octanol–water partition coefficient (Wildman–Crippen LogP) is 3.01. The Morgan fingerprint density at radius 2 is 2.05 bits per heavy atom. The molecule has 0 amide bonds. The van der Waals surface area contributed by atoms with Crippen molar-refractivity contribution in [1.82, 2.24) is 4.98 Å². The van der Waals surface area contributed by atoms with Gasteiger partial charge in [0.2, 0.25) is 0 Å². The second-order valence-electron chi connectivity index (χ2n) is 4.22. The number of hydrogen-bond acceptors (Lipinski definition) is 4. The Kier molecular flexibility index (Phi) is 4.30. The van der Waals surface area contributed by atoms with E-state index in [2.05, 4.69) is 4.98 Å². The van der Waals surface area contributed by atoms with E-state index in [0.29, 0.717) is 22.6 Å². The topological polar surface area (TPSA) is 48.4 Å². The van der Waals surface area contributed by atoms with Crippen LogP contribution in [0.3, 0.4) is 0 Å². The van der Waals surface area contributed by atoms with Gasteiger partial charge in [0.15, 0.2) is 17.3 Å². The summed E-state index contributed by atoms with van der Waals surface area (Å²) in [6.07, 6.45) is 2.66. The van der Waals surface area contributed by atoms with Crippen LogP contribution in [0, 0.1) is 5.82 Å². The van der Waals surface area contributed by atoms with Crippen molar-refractivity contribution in [1.29, 1.82) is 0 Å². The summed E-state index contributed by atoms with van der Waals surface area (Å²) in [5.41, 5.74) is 1.16. The van der Waals surface area contributed by atoms with E-state index in [0.717, 1.165) is 6.20 Å². The van der Waals surface area contributed by atoms with Crippen LogP contribution in [-0.4, -0.2) is 17.9 Å². The summed E-state index contributed by atoms with van der Waals surface area (Å²) >= 11 is 0. The molecule has 1 heterocycles. The summed E-state index contributed by atoms with van der Waals surface area (Å²) in [4.78, 5) is 15.0. The highest BCUT2D eigenvalue weighted by Crippen LogP contribution is 2.29. The first-order chi connectivity index (χ1) is 9.60. The molecule has 0 spiro atoms. The Balaban J connectivity index is 2.15. The van der Waals surface area contributed by atoms with E-state index in [-0.39, 0.29) is 12.4 Å². The Bertz CT molecular complexity index is 628. The van der Waals surface area contributed by atoms with Crippen LogP contribution < -0.4 is 9.47 Å². The molecular weight excluding hydrogens is 261 g/mol. The van der Waals surface area contributed by atoms with Crippen LogP contribution in [0.25, 0.3) is 0 Å². The van der Waals surface area contributed by atoms with Gasteiger partial charge in [0.1, 0.15) is 12.4 Å². The lowest BCUT2D eigenvalue weighted by Gasteiger charge is -2.11. The van der Waals surface area contributed by atoms with Crippen LogP contribution in [0.1, 0.15) is 22.8 Å². The number of hydrogen-bond donors (Lipinski definition) is 0. The zero-order valence-corrected chi connectivity index (χ0v) is 11.2. The van der Waals surface area contributed by atoms with Gasteiger partial charge in [-0.15, -0.1) is 0 Å². The maximum absolute atomic E-state index is 13.0. The average Bonchev–Trinajstić information content (AvgIpc) is 2.45. The quantitative estimate of drug-likeness (QED) is 0.787. The van der Waals surface area contributed by atoms with Crippen LogP contribution in [0.4, 0.5) is 4.39 Å². The maximum atomic E-state index is 13.0. The second kappa shape index (κ2) is 6.14. The number of halogens is 1. The molecule has 0 aliphatic rings. The van der Waals surface area contributed by atoms with E-state index >= 15 is 0 Å². The molecule has 20 heavy (non-hydrogen) atoms. The Morgan fingerprint density at radius 1 is 1.25 bits per heavy atom. The largest absolute Gasteiger partial charge is 0.493 e. The van der Waals surface area contributed by atoms with Gasteiger partial charge in [0, 0.05) is 17.3 Å². The molecule has 2 rings (SSSR count). The molecule has 0 unspecified atom stereocenters. The number of ether oxygens (including phenoxy) is 2. The first-order valence-electron chi connectivity index (χ1n) is 6.01. The van der Waals surface area contributed by atoms with E-state index in [1.54, 1.807) is 18.2 Å². The smallest absolute Gasteiger partial charge is 0.161 e. The predicted molar refractivity (Wildman–Crippen MR) is 71.5 cm³/mol. The van der Waals surface area contributed by atoms with Crippen molar-refractivity contribution in [2.75, 3.05) is 7.11 Å². The minimum Gasteiger partial charge on any atom is -0.493 e. The molecule has 0 bridgehead atoms. The van der Waals surface area contributed by atoms with Crippen molar-refractivity contribution >= 4 is 5.78 Å². The number of ketones is 1. The molecule has 0 N–H and O–H groups in total. The minimum absolute atomic E-state index is 0.0517. The van der Waals surface area contributed by atoms with Crippen molar-refractivity contribution in [3.63, 3.8) is 0 Å². The summed E-state index contributed by atoms with van der Waals surface area (Å²) in [7, 11) is 1.50. The van der Waals surface area contributed by atoms with Gasteiger partial charge in [0.25, 0.3) is 0 Å². The van der Waals surface area contributed by atoms with Gasteiger partial charge in [0.05, 0.1) is 13.3 Å². The van der Waals surface area contributed by atoms with Crippen molar-refractivity contribution < 1.29 is 18.7 Å². The molecule has 2 aromatic rings. The molecule has 0 radical (unpaired) electrons. The van der Waals surface area contributed by atoms with Crippen LogP contribution in [0.5, 0.6) is 11.5 Å². The van der Waals surface area contributed by atoms with Gasteiger partial charge in [-0.2, -0.15) is 0 Å². The fraction of sp³-hybridized carbons (Fsp3) is 0.200. The van der Waals surface area contributed by atoms with Crippen LogP contribution in [0.15, 0.2) is 36.7 Å². The number of Topliss-reactive ketones (excluding diaryl/α,β-unsaturated/α-hetero) is 1. The molecule has 0 saturated heterocycles. The van der Waals surface area contributed by atoms with Gasteiger partial charge >= 0.3 is 0 Å². The highest BCUT2D eigenvalue weighted by atomic mass is 19.1. The fourth-order valence-electron chi connectivity index (χ4n) is 1.70. The molecule has 104 valence electrons. The first kappa shape index (κ1) is 14.0. The number of carbonyl (C=O) groups is 1. The number of rotatable bonds is 5. The van der Waals surface area contributed by atoms with Crippen LogP contribution >= 0.6 is 0 Å². The summed E-state index contributed by atoms with van der Waals surface area (Å²) in [6.45, 7) is 1.65. The summed E-state index contributed by atoms with van der Waals surface area (Å²) in [6, 6.07) is 6.28. The van der Waals surface area contributed by atoms with E-state index in [9.17, 15) is 9.18 Å². The first-order valence-corrected chi connectivity index (χ1v) is 6.01. The van der Waals surface area contributed by atoms with Gasteiger partial charge in [-0.05, 0) is 31.2 Å². The summed E-state index contributed by atoms with van der Waals surface area (Å²) < 4.78 is 23.7. The van der Waals surface area contributed by atoms with Crippen LogP contribution in [0.2, 0.25) is 0 Å². The van der Waals surface area contributed by atoms with Gasteiger partial charge < -0.3 is 9.47 Å². The molecular formula is C15H14FNO3. The fourth-order valence-corrected chi connectivity index (χ4v) is 1.70. The standard InChI is InChI=1S/C15H14FNO3/c1-10(18)12-3-4-14(15(6-12)19-2)20-9-11-5-13(16)8-17-7-11/h3-8H,9H2,1-2H3. The monoisotopic (exact) mass is 275 g/mol. The molecule has 1 aromatic carbocycles. The minimum atomic E-state index is -0.412. The SMILES string of the molecule is COc1cc(C(C)=O)ccc1OCc1cncc(F)c1. The highest BCUT2D eigenvalue weighted by molar-refractivity contribution is 5.94. The van der Waals surface area contributed by atoms with E-state index < -0.39 is 5.82 Å². The van der Waals surface area contributed by atoms with Crippen molar-refractivity contribution in [3.8, 4) is 11.5 Å². The number of pyridine rings is 1. The molecule has 4 nitrogen and oxygen atoms in total. The second-order valence-corrected chi connectivity index (χ2v) is 4.22. The van der Waals surface area contributed by atoms with E-state index in [1.807, 2.05) is 0 Å². The number of benzene rings is 1. The molecule has 5 heteroatoms. The zero-order chi connectivity index (χ0) is 14.5. The lowest BCUT2D eigenvalue weighted by atomic mass is 10.1. The average molecular weight is 275 g/mol. The molecule has 0 aliphatic carbocycles.